The number of aliphatic hydroxyl groups excluding tert-OH is 1. The molecule has 2 rings (SSSR count). The number of aromatic amines is 1. The summed E-state index contributed by atoms with van der Waals surface area (Å²) in [6.45, 7) is 5.26. The summed E-state index contributed by atoms with van der Waals surface area (Å²) >= 11 is 0. The third-order valence-corrected chi connectivity index (χ3v) is 3.33. The van der Waals surface area contributed by atoms with E-state index in [2.05, 4.69) is 10.3 Å². The minimum Gasteiger partial charge on any atom is -0.444 e. The summed E-state index contributed by atoms with van der Waals surface area (Å²) in [5.41, 5.74) is 1.23. The summed E-state index contributed by atoms with van der Waals surface area (Å²) in [5.74, 6) is 0. The number of nitriles is 1. The van der Waals surface area contributed by atoms with Crippen LogP contribution in [0.2, 0.25) is 0 Å². The van der Waals surface area contributed by atoms with Crippen LogP contribution in [-0.2, 0) is 11.2 Å². The molecule has 1 aromatic carbocycles. The van der Waals surface area contributed by atoms with Crippen molar-refractivity contribution >= 4 is 17.0 Å². The lowest BCUT2D eigenvalue weighted by molar-refractivity contribution is 0.0459. The maximum Gasteiger partial charge on any atom is 0.408 e. The number of amides is 1. The molecule has 0 spiro atoms. The van der Waals surface area contributed by atoms with Gasteiger partial charge in [0.05, 0.1) is 12.1 Å². The highest BCUT2D eigenvalue weighted by Crippen LogP contribution is 2.20. The lowest BCUT2D eigenvalue weighted by atomic mass is 10.0. The van der Waals surface area contributed by atoms with Gasteiger partial charge < -0.3 is 20.1 Å². The lowest BCUT2D eigenvalue weighted by Gasteiger charge is -2.24. The Hall–Kier alpha value is -2.52. The van der Waals surface area contributed by atoms with Gasteiger partial charge in [-0.25, -0.2) is 4.79 Å². The lowest BCUT2D eigenvalue weighted by Crippen LogP contribution is -2.46. The topological polar surface area (TPSA) is 98.1 Å². The highest BCUT2D eigenvalue weighted by atomic mass is 16.6. The summed E-state index contributed by atoms with van der Waals surface area (Å²) in [5, 5.41) is 22.5. The zero-order valence-corrected chi connectivity index (χ0v) is 13.5. The molecule has 23 heavy (non-hydrogen) atoms. The smallest absolute Gasteiger partial charge is 0.408 e. The number of carbonyl (C=O) groups excluding carboxylic acids is 1. The first-order valence-electron chi connectivity index (χ1n) is 7.42. The van der Waals surface area contributed by atoms with Gasteiger partial charge in [0.25, 0.3) is 0 Å². The molecule has 0 radical (unpaired) electrons. The van der Waals surface area contributed by atoms with E-state index in [1.54, 1.807) is 26.8 Å². The van der Waals surface area contributed by atoms with E-state index >= 15 is 0 Å². The third kappa shape index (κ3) is 4.47. The quantitative estimate of drug-likeness (QED) is 0.755. The number of nitrogens with zero attached hydrogens (tertiary/aromatic N) is 1. The van der Waals surface area contributed by atoms with Crippen LogP contribution in [0.4, 0.5) is 4.79 Å². The molecule has 0 saturated heterocycles. The van der Waals surface area contributed by atoms with Crippen molar-refractivity contribution in [2.75, 3.05) is 0 Å². The molecule has 0 aliphatic rings. The van der Waals surface area contributed by atoms with Crippen LogP contribution in [-0.4, -0.2) is 33.9 Å². The van der Waals surface area contributed by atoms with Gasteiger partial charge in [-0.05, 0) is 38.8 Å². The average Bonchev–Trinajstić information content (AvgIpc) is 2.87. The minimum absolute atomic E-state index is 0.317. The molecule has 3 N–H and O–H groups in total. The molecule has 0 saturated carbocycles. The van der Waals surface area contributed by atoms with Crippen LogP contribution in [0.15, 0.2) is 30.5 Å². The Kier molecular flexibility index (Phi) is 4.92. The van der Waals surface area contributed by atoms with Gasteiger partial charge in [0.15, 0.2) is 6.10 Å². The fraction of sp³-hybridized carbons (Fsp3) is 0.412. The zero-order valence-electron chi connectivity index (χ0n) is 13.5. The van der Waals surface area contributed by atoms with Gasteiger partial charge in [0.2, 0.25) is 0 Å². The Morgan fingerprint density at radius 3 is 2.78 bits per heavy atom. The number of carbonyl (C=O) groups is 1. The summed E-state index contributed by atoms with van der Waals surface area (Å²) < 4.78 is 5.19. The monoisotopic (exact) mass is 315 g/mol. The van der Waals surface area contributed by atoms with Crippen LogP contribution in [0.5, 0.6) is 0 Å². The number of aliphatic hydroxyl groups is 1. The molecule has 1 aromatic heterocycles. The van der Waals surface area contributed by atoms with Crippen molar-refractivity contribution in [2.45, 2.75) is 44.9 Å². The molecular formula is C17H21N3O3. The van der Waals surface area contributed by atoms with Crippen molar-refractivity contribution in [1.82, 2.24) is 10.3 Å². The fourth-order valence-electron chi connectivity index (χ4n) is 2.33. The van der Waals surface area contributed by atoms with Crippen LogP contribution in [0.25, 0.3) is 10.9 Å². The van der Waals surface area contributed by atoms with Gasteiger partial charge in [-0.3, -0.25) is 0 Å². The Morgan fingerprint density at radius 1 is 1.43 bits per heavy atom. The number of rotatable bonds is 4. The predicted molar refractivity (Wildman–Crippen MR) is 86.8 cm³/mol. The molecule has 2 atom stereocenters. The van der Waals surface area contributed by atoms with E-state index in [9.17, 15) is 9.90 Å². The minimum atomic E-state index is -1.32. The van der Waals surface area contributed by atoms with Crippen molar-refractivity contribution < 1.29 is 14.6 Å². The normalized spacial score (nSPS) is 14.0. The van der Waals surface area contributed by atoms with Gasteiger partial charge in [0, 0.05) is 17.1 Å². The van der Waals surface area contributed by atoms with Crippen LogP contribution in [0.3, 0.4) is 0 Å². The highest BCUT2D eigenvalue weighted by Gasteiger charge is 2.25. The van der Waals surface area contributed by atoms with Crippen molar-refractivity contribution in [3.05, 3.63) is 36.0 Å². The fourth-order valence-corrected chi connectivity index (χ4v) is 2.33. The van der Waals surface area contributed by atoms with E-state index in [0.29, 0.717) is 6.42 Å². The Balaban J connectivity index is 2.16. The summed E-state index contributed by atoms with van der Waals surface area (Å²) in [6, 6.07) is 8.74. The molecule has 1 amide bonds. The Bertz CT molecular complexity index is 724. The van der Waals surface area contributed by atoms with Crippen molar-refractivity contribution in [2.24, 2.45) is 0 Å². The molecule has 2 aromatic rings. The van der Waals surface area contributed by atoms with Gasteiger partial charge >= 0.3 is 6.09 Å². The molecule has 122 valence electrons. The average molecular weight is 315 g/mol. The number of fused-ring (bicyclic) bond motifs is 1. The van der Waals surface area contributed by atoms with Crippen LogP contribution >= 0.6 is 0 Å². The third-order valence-electron chi connectivity index (χ3n) is 3.33. The summed E-state index contributed by atoms with van der Waals surface area (Å²) in [4.78, 5) is 15.1. The van der Waals surface area contributed by atoms with Crippen molar-refractivity contribution in [3.8, 4) is 6.07 Å². The van der Waals surface area contributed by atoms with Crippen LogP contribution in [0.1, 0.15) is 26.3 Å². The van der Waals surface area contributed by atoms with Gasteiger partial charge in [0.1, 0.15) is 5.60 Å². The highest BCUT2D eigenvalue weighted by molar-refractivity contribution is 5.83. The molecule has 0 aliphatic carbocycles. The summed E-state index contributed by atoms with van der Waals surface area (Å²) in [7, 11) is 0. The van der Waals surface area contributed by atoms with E-state index < -0.39 is 23.8 Å². The second-order valence-corrected chi connectivity index (χ2v) is 6.39. The van der Waals surface area contributed by atoms with Gasteiger partial charge in [-0.2, -0.15) is 5.26 Å². The SMILES string of the molecule is CC(C)(C)OC(=O)N[C@@H](Cc1c[nH]c2ccccc12)C(O)C#N. The number of hydrogen-bond donors (Lipinski definition) is 3. The molecule has 0 bridgehead atoms. The number of para-hydroxylation sites is 1. The maximum absolute atomic E-state index is 11.9. The molecule has 0 aliphatic heterocycles. The number of nitrogens with one attached hydrogen (secondary N) is 2. The maximum atomic E-state index is 11.9. The first kappa shape index (κ1) is 16.8. The van der Waals surface area contributed by atoms with E-state index in [-0.39, 0.29) is 0 Å². The predicted octanol–water partition coefficient (Wildman–Crippen LogP) is 2.49. The van der Waals surface area contributed by atoms with E-state index in [1.165, 1.54) is 0 Å². The second kappa shape index (κ2) is 6.71. The standard InChI is InChI=1S/C17H21N3O3/c1-17(2,3)23-16(22)20-14(15(21)9-18)8-11-10-19-13-7-5-4-6-12(11)13/h4-7,10,14-15,19,21H,8H2,1-3H3,(H,20,22)/t14-,15?/m0/s1. The zero-order chi connectivity index (χ0) is 17.0. The van der Waals surface area contributed by atoms with Crippen molar-refractivity contribution in [1.29, 1.82) is 5.26 Å². The molecule has 6 heteroatoms. The number of aromatic nitrogens is 1. The molecular weight excluding hydrogens is 294 g/mol. The van der Waals surface area contributed by atoms with Gasteiger partial charge in [-0.15, -0.1) is 0 Å². The summed E-state index contributed by atoms with van der Waals surface area (Å²) in [6.07, 6.45) is 0.157. The van der Waals surface area contributed by atoms with Gasteiger partial charge in [-0.1, -0.05) is 18.2 Å². The second-order valence-electron chi connectivity index (χ2n) is 6.39. The first-order valence-corrected chi connectivity index (χ1v) is 7.42. The number of alkyl carbamates (subject to hydrolysis) is 1. The Labute approximate surface area is 135 Å². The van der Waals surface area contributed by atoms with E-state index in [1.807, 2.05) is 30.5 Å². The largest absolute Gasteiger partial charge is 0.444 e. The Morgan fingerprint density at radius 2 is 2.13 bits per heavy atom. The molecule has 0 fully saturated rings. The molecule has 6 nitrogen and oxygen atoms in total. The van der Waals surface area contributed by atoms with E-state index in [0.717, 1.165) is 16.5 Å². The number of hydrogen-bond acceptors (Lipinski definition) is 4. The number of H-pyrrole nitrogens is 1. The number of ether oxygens (including phenoxy) is 1. The van der Waals surface area contributed by atoms with E-state index in [4.69, 9.17) is 10.00 Å². The van der Waals surface area contributed by atoms with Crippen LogP contribution in [0, 0.1) is 11.3 Å². The van der Waals surface area contributed by atoms with Crippen molar-refractivity contribution in [3.63, 3.8) is 0 Å². The number of benzene rings is 1. The van der Waals surface area contributed by atoms with Crippen LogP contribution < -0.4 is 5.32 Å². The molecule has 1 unspecified atom stereocenters. The first-order chi connectivity index (χ1) is 10.8. The molecule has 1 heterocycles.